The van der Waals surface area contributed by atoms with E-state index in [4.69, 9.17) is 4.74 Å². The summed E-state index contributed by atoms with van der Waals surface area (Å²) in [7, 11) is 0. The molecule has 0 bridgehead atoms. The summed E-state index contributed by atoms with van der Waals surface area (Å²) in [6, 6.07) is 10.4. The van der Waals surface area contributed by atoms with Gasteiger partial charge < -0.3 is 10.1 Å². The Morgan fingerprint density at radius 2 is 1.84 bits per heavy atom. The molecule has 1 aliphatic heterocycles. The van der Waals surface area contributed by atoms with Crippen LogP contribution in [0.5, 0.6) is 5.88 Å². The van der Waals surface area contributed by atoms with Crippen LogP contribution in [-0.2, 0) is 5.60 Å². The fourth-order valence-electron chi connectivity index (χ4n) is 2.56. The molecule has 0 unspecified atom stereocenters. The summed E-state index contributed by atoms with van der Waals surface area (Å²) < 4.78 is 6.22. The van der Waals surface area contributed by atoms with Crippen molar-refractivity contribution in [3.63, 3.8) is 0 Å². The third kappa shape index (κ3) is 2.58. The zero-order valence-corrected chi connectivity index (χ0v) is 10.7. The quantitative estimate of drug-likeness (QED) is 0.912. The van der Waals surface area contributed by atoms with Crippen LogP contribution in [0.25, 0.3) is 0 Å². The molecule has 2 heterocycles. The van der Waals surface area contributed by atoms with Crippen molar-refractivity contribution in [2.45, 2.75) is 18.4 Å². The van der Waals surface area contributed by atoms with Gasteiger partial charge in [0.15, 0.2) is 0 Å². The smallest absolute Gasteiger partial charge is 0.233 e. The Bertz CT molecular complexity index is 509. The lowest BCUT2D eigenvalue weighted by Crippen LogP contribution is -2.44. The average Bonchev–Trinajstić information content (AvgIpc) is 2.50. The molecular weight excluding hydrogens is 238 g/mol. The topological polar surface area (TPSA) is 47.0 Å². The number of hydrogen-bond donors (Lipinski definition) is 1. The second-order valence-electron chi connectivity index (χ2n) is 4.76. The molecule has 0 spiro atoms. The number of nitrogens with zero attached hydrogens (tertiary/aromatic N) is 2. The maximum atomic E-state index is 6.22. The lowest BCUT2D eigenvalue weighted by Gasteiger charge is -2.37. The van der Waals surface area contributed by atoms with E-state index >= 15 is 0 Å². The van der Waals surface area contributed by atoms with E-state index in [1.165, 1.54) is 5.56 Å². The molecule has 19 heavy (non-hydrogen) atoms. The summed E-state index contributed by atoms with van der Waals surface area (Å²) in [6.45, 7) is 1.91. The van der Waals surface area contributed by atoms with E-state index in [0.29, 0.717) is 5.88 Å². The van der Waals surface area contributed by atoms with E-state index in [1.54, 1.807) is 18.6 Å². The van der Waals surface area contributed by atoms with Gasteiger partial charge in [-0.3, -0.25) is 4.98 Å². The summed E-state index contributed by atoms with van der Waals surface area (Å²) >= 11 is 0. The number of aromatic nitrogens is 2. The number of ether oxygens (including phenoxy) is 1. The van der Waals surface area contributed by atoms with Crippen LogP contribution in [0.15, 0.2) is 48.9 Å². The van der Waals surface area contributed by atoms with E-state index < -0.39 is 0 Å². The first-order valence-electron chi connectivity index (χ1n) is 6.60. The van der Waals surface area contributed by atoms with Crippen LogP contribution in [-0.4, -0.2) is 23.1 Å². The van der Waals surface area contributed by atoms with Gasteiger partial charge in [-0.05, 0) is 18.7 Å². The highest BCUT2D eigenvalue weighted by Gasteiger charge is 2.36. The van der Waals surface area contributed by atoms with Crippen molar-refractivity contribution in [2.24, 2.45) is 0 Å². The van der Waals surface area contributed by atoms with Crippen molar-refractivity contribution in [1.29, 1.82) is 0 Å². The fraction of sp³-hybridized carbons (Fsp3) is 0.333. The van der Waals surface area contributed by atoms with Crippen LogP contribution < -0.4 is 10.1 Å². The normalized spacial score (nSPS) is 17.9. The third-order valence-electron chi connectivity index (χ3n) is 3.55. The van der Waals surface area contributed by atoms with E-state index in [-0.39, 0.29) is 5.60 Å². The number of hydrogen-bond acceptors (Lipinski definition) is 4. The maximum Gasteiger partial charge on any atom is 0.233 e. The lowest BCUT2D eigenvalue weighted by atomic mass is 9.85. The number of nitrogens with one attached hydrogen (secondary N) is 1. The maximum absolute atomic E-state index is 6.22. The minimum Gasteiger partial charge on any atom is -0.465 e. The molecule has 1 N–H and O–H groups in total. The first-order valence-corrected chi connectivity index (χ1v) is 6.60. The van der Waals surface area contributed by atoms with Crippen molar-refractivity contribution >= 4 is 0 Å². The monoisotopic (exact) mass is 255 g/mol. The molecule has 1 aliphatic rings. The summed E-state index contributed by atoms with van der Waals surface area (Å²) in [5, 5.41) is 3.38. The Morgan fingerprint density at radius 1 is 1.05 bits per heavy atom. The molecular formula is C15H17N3O. The van der Waals surface area contributed by atoms with Crippen molar-refractivity contribution in [3.05, 3.63) is 54.5 Å². The Kier molecular flexibility index (Phi) is 3.42. The van der Waals surface area contributed by atoms with Crippen molar-refractivity contribution < 1.29 is 4.74 Å². The van der Waals surface area contributed by atoms with E-state index in [9.17, 15) is 0 Å². The van der Waals surface area contributed by atoms with Crippen LogP contribution in [0.1, 0.15) is 18.4 Å². The fourth-order valence-corrected chi connectivity index (χ4v) is 2.56. The third-order valence-corrected chi connectivity index (χ3v) is 3.55. The molecule has 1 saturated heterocycles. The lowest BCUT2D eigenvalue weighted by molar-refractivity contribution is 0.0282. The minimum atomic E-state index is -0.289. The van der Waals surface area contributed by atoms with Gasteiger partial charge >= 0.3 is 0 Å². The molecule has 2 aromatic rings. The van der Waals surface area contributed by atoms with Crippen LogP contribution in [0.2, 0.25) is 0 Å². The molecule has 0 amide bonds. The van der Waals surface area contributed by atoms with Crippen molar-refractivity contribution in [1.82, 2.24) is 15.3 Å². The molecule has 3 rings (SSSR count). The molecule has 1 aromatic carbocycles. The predicted molar refractivity (Wildman–Crippen MR) is 72.9 cm³/mol. The SMILES string of the molecule is c1ccc(C2(Oc3cnccn3)CCNCC2)cc1. The van der Waals surface area contributed by atoms with Gasteiger partial charge in [-0.1, -0.05) is 30.3 Å². The molecule has 1 fully saturated rings. The Morgan fingerprint density at radius 3 is 2.53 bits per heavy atom. The Balaban J connectivity index is 1.93. The van der Waals surface area contributed by atoms with Crippen LogP contribution in [0, 0.1) is 0 Å². The molecule has 0 aliphatic carbocycles. The molecule has 1 aromatic heterocycles. The molecule has 98 valence electrons. The summed E-state index contributed by atoms with van der Waals surface area (Å²) in [4.78, 5) is 8.31. The standard InChI is InChI=1S/C15H17N3O/c1-2-4-13(5-3-1)15(6-8-16-9-7-15)19-14-12-17-10-11-18-14/h1-5,10-12,16H,6-9H2. The average molecular weight is 255 g/mol. The molecule has 4 heteroatoms. The van der Waals surface area contributed by atoms with Crippen molar-refractivity contribution in [2.75, 3.05) is 13.1 Å². The number of piperidine rings is 1. The van der Waals surface area contributed by atoms with Gasteiger partial charge in [-0.25, -0.2) is 4.98 Å². The highest BCUT2D eigenvalue weighted by molar-refractivity contribution is 5.25. The first-order chi connectivity index (χ1) is 9.39. The van der Waals surface area contributed by atoms with E-state index in [0.717, 1.165) is 25.9 Å². The van der Waals surface area contributed by atoms with Gasteiger partial charge in [0.1, 0.15) is 5.60 Å². The van der Waals surface area contributed by atoms with Gasteiger partial charge in [0.2, 0.25) is 5.88 Å². The second-order valence-corrected chi connectivity index (χ2v) is 4.76. The zero-order chi connectivity index (χ0) is 13.0. The van der Waals surface area contributed by atoms with Crippen LogP contribution >= 0.6 is 0 Å². The van der Waals surface area contributed by atoms with Crippen LogP contribution in [0.3, 0.4) is 0 Å². The summed E-state index contributed by atoms with van der Waals surface area (Å²) in [6.07, 6.45) is 6.87. The van der Waals surface area contributed by atoms with Gasteiger partial charge in [-0.2, -0.15) is 0 Å². The predicted octanol–water partition coefficient (Wildman–Crippen LogP) is 2.13. The van der Waals surface area contributed by atoms with Gasteiger partial charge in [0.05, 0.1) is 6.20 Å². The molecule has 0 radical (unpaired) electrons. The summed E-state index contributed by atoms with van der Waals surface area (Å²) in [5.74, 6) is 0.591. The van der Waals surface area contributed by atoms with Crippen molar-refractivity contribution in [3.8, 4) is 5.88 Å². The zero-order valence-electron chi connectivity index (χ0n) is 10.7. The number of rotatable bonds is 3. The van der Waals surface area contributed by atoms with Crippen LogP contribution in [0.4, 0.5) is 0 Å². The molecule has 0 saturated carbocycles. The highest BCUT2D eigenvalue weighted by Crippen LogP contribution is 2.35. The minimum absolute atomic E-state index is 0.289. The molecule has 4 nitrogen and oxygen atoms in total. The first kappa shape index (κ1) is 12.1. The van der Waals surface area contributed by atoms with E-state index in [2.05, 4.69) is 39.6 Å². The van der Waals surface area contributed by atoms with E-state index in [1.807, 2.05) is 6.07 Å². The Labute approximate surface area is 112 Å². The second kappa shape index (κ2) is 5.36. The van der Waals surface area contributed by atoms with Gasteiger partial charge in [0.25, 0.3) is 0 Å². The van der Waals surface area contributed by atoms with Gasteiger partial charge in [0, 0.05) is 25.2 Å². The summed E-state index contributed by atoms with van der Waals surface area (Å²) in [5.41, 5.74) is 0.921. The van der Waals surface area contributed by atoms with Gasteiger partial charge in [-0.15, -0.1) is 0 Å². The Hall–Kier alpha value is -1.94. The number of benzene rings is 1. The highest BCUT2D eigenvalue weighted by atomic mass is 16.5. The molecule has 0 atom stereocenters. The largest absolute Gasteiger partial charge is 0.465 e.